The quantitative estimate of drug-likeness (QED) is 0.0198. The van der Waals surface area contributed by atoms with E-state index >= 15 is 0 Å². The number of carbonyl (C=O) groups excluding carboxylic acids is 2. The molecule has 13 heteroatoms. The fourth-order valence-corrected chi connectivity index (χ4v) is 7.62. The van der Waals surface area contributed by atoms with Crippen LogP contribution in [-0.2, 0) is 38.7 Å². The number of unbranched alkanes of at least 4 members (excludes halogenated alkanes) is 16. The summed E-state index contributed by atoms with van der Waals surface area (Å²) in [6, 6.07) is 0. The first kappa shape index (κ1) is 59.1. The van der Waals surface area contributed by atoms with Gasteiger partial charge in [-0.25, -0.2) is 0 Å². The van der Waals surface area contributed by atoms with Crippen molar-refractivity contribution in [2.24, 2.45) is 0 Å². The summed E-state index contributed by atoms with van der Waals surface area (Å²) < 4.78 is 54.0. The number of aliphatic hydroxyl groups excluding tert-OH is 3. The Hall–Kier alpha value is -2.91. The SMILES string of the molecule is CCCCCCCC/C=C/C/C=C/CCCCC(=O)O[C@H](COC(=O)CCC/C=C/C/C=C/C/C=C/C/C=C/CCCCCCCCC)CO[C@H]1O[C@H](CS(=O)(=O)O)[C@@H](O)C(O)C1O. The molecule has 1 aliphatic rings. The lowest BCUT2D eigenvalue weighted by molar-refractivity contribution is -0.297. The van der Waals surface area contributed by atoms with Gasteiger partial charge in [-0.1, -0.05) is 157 Å². The number of rotatable bonds is 40. The van der Waals surface area contributed by atoms with Crippen LogP contribution in [0, 0.1) is 0 Å². The van der Waals surface area contributed by atoms with Gasteiger partial charge in [0.15, 0.2) is 12.4 Å². The molecule has 368 valence electrons. The average molecular weight is 923 g/mol. The molecule has 0 aromatic carbocycles. The highest BCUT2D eigenvalue weighted by Crippen LogP contribution is 2.24. The van der Waals surface area contributed by atoms with Crippen LogP contribution in [0.2, 0.25) is 0 Å². The summed E-state index contributed by atoms with van der Waals surface area (Å²) in [6.45, 7) is 3.67. The van der Waals surface area contributed by atoms with Gasteiger partial charge in [-0.3, -0.25) is 14.1 Å². The van der Waals surface area contributed by atoms with E-state index in [1.54, 1.807) is 0 Å². The van der Waals surface area contributed by atoms with Gasteiger partial charge in [-0.2, -0.15) is 8.42 Å². The van der Waals surface area contributed by atoms with E-state index in [9.17, 15) is 37.9 Å². The molecule has 1 heterocycles. The fourth-order valence-electron chi connectivity index (χ4n) is 6.93. The Bertz CT molecular complexity index is 1450. The second-order valence-electron chi connectivity index (χ2n) is 16.8. The van der Waals surface area contributed by atoms with Crippen LogP contribution in [-0.4, -0.2) is 96.0 Å². The van der Waals surface area contributed by atoms with Crippen molar-refractivity contribution in [3.8, 4) is 0 Å². The monoisotopic (exact) mass is 923 g/mol. The first-order valence-electron chi connectivity index (χ1n) is 24.5. The number of carbonyl (C=O) groups is 2. The second kappa shape index (κ2) is 40.4. The van der Waals surface area contributed by atoms with Gasteiger partial charge < -0.3 is 34.3 Å². The highest BCUT2D eigenvalue weighted by molar-refractivity contribution is 7.85. The maximum Gasteiger partial charge on any atom is 0.306 e. The minimum absolute atomic E-state index is 0.107. The van der Waals surface area contributed by atoms with E-state index in [0.29, 0.717) is 19.3 Å². The summed E-state index contributed by atoms with van der Waals surface area (Å²) in [4.78, 5) is 25.4. The Morgan fingerprint density at radius 2 is 0.953 bits per heavy atom. The molecule has 2 unspecified atom stereocenters. The summed E-state index contributed by atoms with van der Waals surface area (Å²) in [7, 11) is -4.62. The topological polar surface area (TPSA) is 186 Å². The van der Waals surface area contributed by atoms with Gasteiger partial charge in [-0.15, -0.1) is 0 Å². The van der Waals surface area contributed by atoms with Crippen molar-refractivity contribution >= 4 is 22.1 Å². The van der Waals surface area contributed by atoms with E-state index in [2.05, 4.69) is 80.7 Å². The predicted molar refractivity (Wildman–Crippen MR) is 256 cm³/mol. The van der Waals surface area contributed by atoms with Gasteiger partial charge in [-0.05, 0) is 83.5 Å². The van der Waals surface area contributed by atoms with Crippen molar-refractivity contribution in [1.29, 1.82) is 0 Å². The molecule has 64 heavy (non-hydrogen) atoms. The third kappa shape index (κ3) is 34.4. The zero-order chi connectivity index (χ0) is 46.9. The standard InChI is InChI=1S/C51H86O12S/c1-3-5-7-9-11-13-15-17-19-20-21-22-23-24-26-27-29-31-33-35-37-39-46(52)60-41-44(42-61-51-50(56)49(55)48(54)45(63-51)43-64(57,58)59)62-47(53)40-38-36-34-32-30-28-25-18-16-14-12-10-8-6-4-2/h18-20,22-23,25-27,30-33,44-45,48-51,54-56H,3-17,21,24,28-29,34-43H2,1-2H3,(H,57,58,59)/b20-19+,23-22+,25-18+,27-26+,32-30+,33-31+/t44-,45-,48-,49?,50?,51+/m1/s1. The minimum Gasteiger partial charge on any atom is -0.462 e. The highest BCUT2D eigenvalue weighted by atomic mass is 32.2. The summed E-state index contributed by atoms with van der Waals surface area (Å²) in [6.07, 6.45) is 42.4. The second-order valence-corrected chi connectivity index (χ2v) is 18.3. The molecule has 6 atom stereocenters. The molecule has 1 saturated heterocycles. The van der Waals surface area contributed by atoms with Crippen molar-refractivity contribution in [3.63, 3.8) is 0 Å². The van der Waals surface area contributed by atoms with Crippen LogP contribution in [0.15, 0.2) is 72.9 Å². The maximum atomic E-state index is 12.8. The van der Waals surface area contributed by atoms with E-state index in [4.69, 9.17) is 18.9 Å². The van der Waals surface area contributed by atoms with E-state index in [-0.39, 0.29) is 19.4 Å². The molecule has 0 amide bonds. The fraction of sp³-hybridized carbons (Fsp3) is 0.725. The lowest BCUT2D eigenvalue weighted by Crippen LogP contribution is -2.60. The van der Waals surface area contributed by atoms with Gasteiger partial charge in [0, 0.05) is 12.8 Å². The Morgan fingerprint density at radius 3 is 1.44 bits per heavy atom. The minimum atomic E-state index is -4.62. The molecule has 0 spiro atoms. The van der Waals surface area contributed by atoms with E-state index < -0.39 is 71.2 Å². The van der Waals surface area contributed by atoms with Gasteiger partial charge in [0.1, 0.15) is 36.8 Å². The molecular weight excluding hydrogens is 837 g/mol. The number of ether oxygens (including phenoxy) is 4. The van der Waals surface area contributed by atoms with E-state index in [1.807, 2.05) is 6.08 Å². The van der Waals surface area contributed by atoms with Crippen LogP contribution >= 0.6 is 0 Å². The smallest absolute Gasteiger partial charge is 0.306 e. The molecule has 1 rings (SSSR count). The Balaban J connectivity index is 2.47. The van der Waals surface area contributed by atoms with Gasteiger partial charge in [0.25, 0.3) is 10.1 Å². The molecular formula is C51H86O12S. The van der Waals surface area contributed by atoms with Gasteiger partial charge >= 0.3 is 11.9 Å². The predicted octanol–water partition coefficient (Wildman–Crippen LogP) is 10.7. The van der Waals surface area contributed by atoms with Crippen LogP contribution in [0.1, 0.15) is 181 Å². The molecule has 1 aliphatic heterocycles. The van der Waals surface area contributed by atoms with E-state index in [1.165, 1.54) is 83.5 Å². The van der Waals surface area contributed by atoms with Crippen molar-refractivity contribution < 1.29 is 56.8 Å². The lowest BCUT2D eigenvalue weighted by Gasteiger charge is -2.40. The normalized spacial score (nSPS) is 20.2. The van der Waals surface area contributed by atoms with Crippen molar-refractivity contribution in [1.82, 2.24) is 0 Å². The Morgan fingerprint density at radius 1 is 0.531 bits per heavy atom. The summed E-state index contributed by atoms with van der Waals surface area (Å²) in [5.74, 6) is -2.11. The van der Waals surface area contributed by atoms with Crippen LogP contribution in [0.25, 0.3) is 0 Å². The third-order valence-electron chi connectivity index (χ3n) is 10.8. The molecule has 0 aromatic rings. The lowest BCUT2D eigenvalue weighted by atomic mass is 10.00. The molecule has 0 aliphatic carbocycles. The summed E-state index contributed by atoms with van der Waals surface area (Å²) in [5, 5.41) is 30.9. The highest BCUT2D eigenvalue weighted by Gasteiger charge is 2.46. The first-order valence-corrected chi connectivity index (χ1v) is 26.1. The molecule has 0 bridgehead atoms. The largest absolute Gasteiger partial charge is 0.462 e. The molecule has 12 nitrogen and oxygen atoms in total. The van der Waals surface area contributed by atoms with Gasteiger partial charge in [0.2, 0.25) is 0 Å². The zero-order valence-corrected chi connectivity index (χ0v) is 40.2. The van der Waals surface area contributed by atoms with Crippen molar-refractivity contribution in [3.05, 3.63) is 72.9 Å². The number of aliphatic hydroxyl groups is 3. The van der Waals surface area contributed by atoms with Crippen LogP contribution in [0.5, 0.6) is 0 Å². The van der Waals surface area contributed by atoms with Crippen LogP contribution < -0.4 is 0 Å². The third-order valence-corrected chi connectivity index (χ3v) is 11.5. The van der Waals surface area contributed by atoms with E-state index in [0.717, 1.165) is 51.4 Å². The molecule has 4 N–H and O–H groups in total. The van der Waals surface area contributed by atoms with Gasteiger partial charge in [0.05, 0.1) is 6.61 Å². The van der Waals surface area contributed by atoms with Crippen LogP contribution in [0.4, 0.5) is 0 Å². The first-order chi connectivity index (χ1) is 31.0. The molecule has 0 saturated carbocycles. The molecule has 0 radical (unpaired) electrons. The summed E-state index contributed by atoms with van der Waals surface area (Å²) >= 11 is 0. The van der Waals surface area contributed by atoms with Crippen molar-refractivity contribution in [2.75, 3.05) is 19.0 Å². The van der Waals surface area contributed by atoms with Crippen molar-refractivity contribution in [2.45, 2.75) is 218 Å². The number of esters is 2. The maximum absolute atomic E-state index is 12.8. The number of hydrogen-bond donors (Lipinski definition) is 4. The molecule has 0 aromatic heterocycles. The average Bonchev–Trinajstić information content (AvgIpc) is 3.26. The number of hydrogen-bond acceptors (Lipinski definition) is 11. The molecule has 1 fully saturated rings. The Labute approximate surface area is 387 Å². The summed E-state index contributed by atoms with van der Waals surface area (Å²) in [5.41, 5.74) is 0. The zero-order valence-electron chi connectivity index (χ0n) is 39.4. The van der Waals surface area contributed by atoms with Crippen LogP contribution in [0.3, 0.4) is 0 Å². The number of allylic oxidation sites excluding steroid dienone is 12. The Kier molecular flexibility index (Phi) is 37.3.